The second-order valence-corrected chi connectivity index (χ2v) is 4.36. The van der Waals surface area contributed by atoms with Crippen LogP contribution in [0.5, 0.6) is 0 Å². The molecule has 2 N–H and O–H groups in total. The molecular weight excluding hydrogens is 234 g/mol. The Kier molecular flexibility index (Phi) is 2.73. The van der Waals surface area contributed by atoms with E-state index in [1.54, 1.807) is 19.2 Å². The third-order valence-electron chi connectivity index (χ3n) is 2.49. The SMILES string of the molecule is CC(N)(C#N)Cn1cc2cc([N+](=O)[O-])ccc2n1. The van der Waals surface area contributed by atoms with Gasteiger partial charge >= 0.3 is 0 Å². The number of aromatic nitrogens is 2. The van der Waals surface area contributed by atoms with Crippen molar-refractivity contribution in [1.29, 1.82) is 5.26 Å². The minimum Gasteiger partial charge on any atom is -0.312 e. The van der Waals surface area contributed by atoms with Gasteiger partial charge in [0.25, 0.3) is 5.69 Å². The molecule has 0 amide bonds. The van der Waals surface area contributed by atoms with Crippen molar-refractivity contribution in [1.82, 2.24) is 9.78 Å². The molecule has 0 spiro atoms. The first-order chi connectivity index (χ1) is 8.41. The van der Waals surface area contributed by atoms with Gasteiger partial charge < -0.3 is 5.73 Å². The summed E-state index contributed by atoms with van der Waals surface area (Å²) >= 11 is 0. The van der Waals surface area contributed by atoms with Crippen molar-refractivity contribution in [3.05, 3.63) is 34.5 Å². The monoisotopic (exact) mass is 245 g/mol. The maximum absolute atomic E-state index is 10.6. The largest absolute Gasteiger partial charge is 0.312 e. The number of nitro groups is 1. The number of rotatable bonds is 3. The van der Waals surface area contributed by atoms with Crippen molar-refractivity contribution in [3.63, 3.8) is 0 Å². The summed E-state index contributed by atoms with van der Waals surface area (Å²) in [6.45, 7) is 1.83. The van der Waals surface area contributed by atoms with Crippen LogP contribution in [0, 0.1) is 21.4 Å². The number of nitriles is 1. The Labute approximate surface area is 103 Å². The van der Waals surface area contributed by atoms with Gasteiger partial charge in [-0.1, -0.05) is 0 Å². The summed E-state index contributed by atoms with van der Waals surface area (Å²) in [5.74, 6) is 0. The summed E-state index contributed by atoms with van der Waals surface area (Å²) in [6.07, 6.45) is 1.64. The molecule has 0 saturated heterocycles. The Morgan fingerprint density at radius 2 is 2.39 bits per heavy atom. The van der Waals surface area contributed by atoms with E-state index in [1.807, 2.05) is 6.07 Å². The fourth-order valence-electron chi connectivity index (χ4n) is 1.63. The molecule has 2 rings (SSSR count). The number of nitrogens with zero attached hydrogens (tertiary/aromatic N) is 4. The van der Waals surface area contributed by atoms with Crippen LogP contribution in [0.2, 0.25) is 0 Å². The van der Waals surface area contributed by atoms with E-state index < -0.39 is 10.5 Å². The summed E-state index contributed by atoms with van der Waals surface area (Å²) in [7, 11) is 0. The Bertz CT molecular complexity index is 653. The van der Waals surface area contributed by atoms with Crippen LogP contribution < -0.4 is 5.73 Å². The van der Waals surface area contributed by atoms with Gasteiger partial charge in [-0.25, -0.2) is 0 Å². The van der Waals surface area contributed by atoms with Gasteiger partial charge in [0, 0.05) is 23.7 Å². The molecule has 1 aromatic carbocycles. The standard InChI is InChI=1S/C11H11N5O2/c1-11(13,6-12)7-15-5-8-4-9(16(17)18)2-3-10(8)14-15/h2-5H,7,13H2,1H3. The highest BCUT2D eigenvalue weighted by molar-refractivity contribution is 5.80. The summed E-state index contributed by atoms with van der Waals surface area (Å²) in [5, 5.41) is 24.3. The first-order valence-corrected chi connectivity index (χ1v) is 5.23. The second kappa shape index (κ2) is 4.09. The smallest absolute Gasteiger partial charge is 0.270 e. The van der Waals surface area contributed by atoms with Crippen molar-refractivity contribution >= 4 is 16.6 Å². The van der Waals surface area contributed by atoms with E-state index in [-0.39, 0.29) is 12.2 Å². The van der Waals surface area contributed by atoms with Gasteiger partial charge in [0.2, 0.25) is 0 Å². The maximum Gasteiger partial charge on any atom is 0.270 e. The molecule has 0 aliphatic rings. The van der Waals surface area contributed by atoms with Gasteiger partial charge in [-0.2, -0.15) is 10.4 Å². The van der Waals surface area contributed by atoms with E-state index in [2.05, 4.69) is 5.10 Å². The van der Waals surface area contributed by atoms with Crippen molar-refractivity contribution in [2.45, 2.75) is 19.0 Å². The first-order valence-electron chi connectivity index (χ1n) is 5.23. The zero-order valence-corrected chi connectivity index (χ0v) is 9.70. The molecule has 1 atom stereocenters. The number of non-ortho nitro benzene ring substituents is 1. The Hall–Kier alpha value is -2.46. The molecule has 1 unspecified atom stereocenters. The molecule has 1 aromatic heterocycles. The van der Waals surface area contributed by atoms with Gasteiger partial charge in [-0.15, -0.1) is 0 Å². The summed E-state index contributed by atoms with van der Waals surface area (Å²) in [4.78, 5) is 10.2. The lowest BCUT2D eigenvalue weighted by Gasteiger charge is -2.14. The van der Waals surface area contributed by atoms with Crippen LogP contribution in [-0.4, -0.2) is 20.2 Å². The predicted molar refractivity (Wildman–Crippen MR) is 64.6 cm³/mol. The number of benzene rings is 1. The van der Waals surface area contributed by atoms with Crippen LogP contribution in [0.25, 0.3) is 10.9 Å². The van der Waals surface area contributed by atoms with Crippen molar-refractivity contribution in [2.75, 3.05) is 0 Å². The third-order valence-corrected chi connectivity index (χ3v) is 2.49. The highest BCUT2D eigenvalue weighted by atomic mass is 16.6. The maximum atomic E-state index is 10.6. The van der Waals surface area contributed by atoms with Crippen LogP contribution in [0.15, 0.2) is 24.4 Å². The fraction of sp³-hybridized carbons (Fsp3) is 0.273. The van der Waals surface area contributed by atoms with Crippen LogP contribution >= 0.6 is 0 Å². The number of hydrogen-bond donors (Lipinski definition) is 1. The quantitative estimate of drug-likeness (QED) is 0.644. The van der Waals surface area contributed by atoms with E-state index in [9.17, 15) is 10.1 Å². The molecule has 0 radical (unpaired) electrons. The van der Waals surface area contributed by atoms with Crippen molar-refractivity contribution < 1.29 is 4.92 Å². The Morgan fingerprint density at radius 3 is 3.00 bits per heavy atom. The normalized spacial score (nSPS) is 14.1. The Morgan fingerprint density at radius 1 is 1.67 bits per heavy atom. The lowest BCUT2D eigenvalue weighted by Crippen LogP contribution is -2.39. The molecule has 1 heterocycles. The molecule has 0 bridgehead atoms. The lowest BCUT2D eigenvalue weighted by atomic mass is 10.1. The van der Waals surface area contributed by atoms with E-state index in [0.717, 1.165) is 0 Å². The van der Waals surface area contributed by atoms with Gasteiger partial charge in [-0.3, -0.25) is 14.8 Å². The van der Waals surface area contributed by atoms with E-state index in [1.165, 1.54) is 16.8 Å². The molecule has 2 aromatic rings. The number of nitrogens with two attached hydrogens (primary N) is 1. The average molecular weight is 245 g/mol. The molecule has 0 fully saturated rings. The highest BCUT2D eigenvalue weighted by Gasteiger charge is 2.19. The van der Waals surface area contributed by atoms with Crippen LogP contribution in [-0.2, 0) is 6.54 Å². The van der Waals surface area contributed by atoms with E-state index >= 15 is 0 Å². The third kappa shape index (κ3) is 2.28. The topological polar surface area (TPSA) is 111 Å². The minimum atomic E-state index is -1.02. The molecule has 7 heteroatoms. The van der Waals surface area contributed by atoms with Crippen LogP contribution in [0.1, 0.15) is 6.92 Å². The van der Waals surface area contributed by atoms with Gasteiger partial charge in [-0.05, 0) is 13.0 Å². The van der Waals surface area contributed by atoms with Crippen molar-refractivity contribution in [2.24, 2.45) is 5.73 Å². The second-order valence-electron chi connectivity index (χ2n) is 4.36. The Balaban J connectivity index is 2.39. The lowest BCUT2D eigenvalue weighted by molar-refractivity contribution is -0.384. The zero-order valence-electron chi connectivity index (χ0n) is 9.70. The minimum absolute atomic E-state index is 0.0119. The summed E-state index contributed by atoms with van der Waals surface area (Å²) < 4.78 is 1.53. The van der Waals surface area contributed by atoms with E-state index in [4.69, 9.17) is 11.0 Å². The van der Waals surface area contributed by atoms with Crippen molar-refractivity contribution in [3.8, 4) is 6.07 Å². The fourth-order valence-corrected chi connectivity index (χ4v) is 1.63. The molecule has 0 saturated carbocycles. The van der Waals surface area contributed by atoms with Crippen LogP contribution in [0.4, 0.5) is 5.69 Å². The zero-order chi connectivity index (χ0) is 13.3. The molecule has 7 nitrogen and oxygen atoms in total. The number of nitro benzene ring substituents is 1. The van der Waals surface area contributed by atoms with Gasteiger partial charge in [0.05, 0.1) is 23.1 Å². The highest BCUT2D eigenvalue weighted by Crippen LogP contribution is 2.20. The molecular formula is C11H11N5O2. The van der Waals surface area contributed by atoms with Gasteiger partial charge in [0.15, 0.2) is 0 Å². The summed E-state index contributed by atoms with van der Waals surface area (Å²) in [6, 6.07) is 6.38. The van der Waals surface area contributed by atoms with Crippen LogP contribution in [0.3, 0.4) is 0 Å². The molecule has 0 aliphatic heterocycles. The summed E-state index contributed by atoms with van der Waals surface area (Å²) in [5.41, 5.74) is 5.34. The average Bonchev–Trinajstić information content (AvgIpc) is 2.68. The molecule has 0 aliphatic carbocycles. The molecule has 92 valence electrons. The molecule has 18 heavy (non-hydrogen) atoms. The predicted octanol–water partition coefficient (Wildman–Crippen LogP) is 1.19. The first kappa shape index (κ1) is 12.0. The number of hydrogen-bond acceptors (Lipinski definition) is 5. The number of fused-ring (bicyclic) bond motifs is 1. The van der Waals surface area contributed by atoms with E-state index in [0.29, 0.717) is 10.9 Å². The van der Waals surface area contributed by atoms with Gasteiger partial charge in [0.1, 0.15) is 5.54 Å².